The standard InChI is InChI=1S/C27H31N3O5S/c1-27(2,3)20-11-9-19(10-12-20)26(32)29-22-8-6-7-21(17-22)28-25(31)18-30(4)36(33,34)24-15-13-23(35-5)14-16-24/h6-17H,18H2,1-5H3,(H,28,31)(H,29,32). The number of rotatable bonds is 8. The Balaban J connectivity index is 1.62. The van der Waals surface area contributed by atoms with Crippen molar-refractivity contribution < 1.29 is 22.7 Å². The third-order valence-corrected chi connectivity index (χ3v) is 7.37. The highest BCUT2D eigenvalue weighted by Crippen LogP contribution is 2.23. The van der Waals surface area contributed by atoms with Crippen LogP contribution in [0.4, 0.5) is 11.4 Å². The molecule has 8 nitrogen and oxygen atoms in total. The second-order valence-corrected chi connectivity index (χ2v) is 11.4. The van der Waals surface area contributed by atoms with Gasteiger partial charge in [-0.1, -0.05) is 39.0 Å². The molecular formula is C27H31N3O5S. The molecule has 2 amide bonds. The van der Waals surface area contributed by atoms with Crippen LogP contribution in [0.1, 0.15) is 36.7 Å². The van der Waals surface area contributed by atoms with Crippen LogP contribution in [0, 0.1) is 0 Å². The minimum atomic E-state index is -3.86. The zero-order chi connectivity index (χ0) is 26.5. The summed E-state index contributed by atoms with van der Waals surface area (Å²) in [5.41, 5.74) is 2.56. The SMILES string of the molecule is COc1ccc(S(=O)(=O)N(C)CC(=O)Nc2cccc(NC(=O)c3ccc(C(C)(C)C)cc3)c2)cc1. The van der Waals surface area contributed by atoms with Gasteiger partial charge in [-0.2, -0.15) is 4.31 Å². The number of benzene rings is 3. The predicted molar refractivity (Wildman–Crippen MR) is 141 cm³/mol. The molecule has 3 aromatic rings. The molecule has 0 aliphatic rings. The van der Waals surface area contributed by atoms with Gasteiger partial charge in [-0.3, -0.25) is 9.59 Å². The summed E-state index contributed by atoms with van der Waals surface area (Å²) in [4.78, 5) is 25.3. The van der Waals surface area contributed by atoms with E-state index in [4.69, 9.17) is 4.74 Å². The van der Waals surface area contributed by atoms with Crippen LogP contribution in [0.15, 0.2) is 77.7 Å². The average molecular weight is 510 g/mol. The molecule has 0 aliphatic carbocycles. The van der Waals surface area contributed by atoms with Gasteiger partial charge in [-0.05, 0) is 65.6 Å². The van der Waals surface area contributed by atoms with Gasteiger partial charge in [0.05, 0.1) is 18.6 Å². The van der Waals surface area contributed by atoms with Gasteiger partial charge in [0.1, 0.15) is 5.75 Å². The highest BCUT2D eigenvalue weighted by Gasteiger charge is 2.23. The molecule has 0 aromatic heterocycles. The van der Waals surface area contributed by atoms with Crippen LogP contribution in [-0.4, -0.2) is 45.2 Å². The van der Waals surface area contributed by atoms with E-state index in [1.165, 1.54) is 26.3 Å². The zero-order valence-corrected chi connectivity index (χ0v) is 21.8. The minimum Gasteiger partial charge on any atom is -0.497 e. The van der Waals surface area contributed by atoms with Crippen molar-refractivity contribution in [2.75, 3.05) is 31.3 Å². The number of likely N-dealkylation sites (N-methyl/N-ethyl adjacent to an activating group) is 1. The summed E-state index contributed by atoms with van der Waals surface area (Å²) in [5.74, 6) is -0.261. The van der Waals surface area contributed by atoms with E-state index in [0.717, 1.165) is 9.87 Å². The first-order valence-electron chi connectivity index (χ1n) is 11.3. The van der Waals surface area contributed by atoms with Crippen molar-refractivity contribution in [3.8, 4) is 5.75 Å². The maximum Gasteiger partial charge on any atom is 0.255 e. The van der Waals surface area contributed by atoms with Crippen LogP contribution in [0.3, 0.4) is 0 Å². The van der Waals surface area contributed by atoms with Gasteiger partial charge in [0.15, 0.2) is 0 Å². The zero-order valence-electron chi connectivity index (χ0n) is 21.0. The Morgan fingerprint density at radius 1 is 0.889 bits per heavy atom. The van der Waals surface area contributed by atoms with Gasteiger partial charge < -0.3 is 15.4 Å². The first-order valence-corrected chi connectivity index (χ1v) is 12.8. The molecule has 190 valence electrons. The van der Waals surface area contributed by atoms with Gasteiger partial charge in [0, 0.05) is 24.0 Å². The van der Waals surface area contributed by atoms with Crippen LogP contribution in [0.5, 0.6) is 5.75 Å². The Morgan fingerprint density at radius 2 is 1.47 bits per heavy atom. The lowest BCUT2D eigenvalue weighted by Gasteiger charge is -2.19. The average Bonchev–Trinajstić information content (AvgIpc) is 2.83. The smallest absolute Gasteiger partial charge is 0.255 e. The predicted octanol–water partition coefficient (Wildman–Crippen LogP) is 4.50. The fraction of sp³-hybridized carbons (Fsp3) is 0.259. The number of hydrogen-bond acceptors (Lipinski definition) is 5. The van der Waals surface area contributed by atoms with E-state index in [-0.39, 0.29) is 22.8 Å². The molecule has 0 aliphatic heterocycles. The molecule has 9 heteroatoms. The van der Waals surface area contributed by atoms with Crippen molar-refractivity contribution in [3.63, 3.8) is 0 Å². The van der Waals surface area contributed by atoms with Crippen LogP contribution < -0.4 is 15.4 Å². The number of ether oxygens (including phenoxy) is 1. The Labute approximate surface area is 212 Å². The van der Waals surface area contributed by atoms with E-state index < -0.39 is 15.9 Å². The molecular weight excluding hydrogens is 478 g/mol. The molecule has 3 aromatic carbocycles. The molecule has 0 atom stereocenters. The molecule has 0 heterocycles. The Hall–Kier alpha value is -3.69. The highest BCUT2D eigenvalue weighted by atomic mass is 32.2. The summed E-state index contributed by atoms with van der Waals surface area (Å²) in [6.45, 7) is 5.93. The van der Waals surface area contributed by atoms with E-state index in [9.17, 15) is 18.0 Å². The van der Waals surface area contributed by atoms with Crippen LogP contribution >= 0.6 is 0 Å². The second-order valence-electron chi connectivity index (χ2n) is 9.35. The quantitative estimate of drug-likeness (QED) is 0.465. The molecule has 0 radical (unpaired) electrons. The molecule has 0 unspecified atom stereocenters. The van der Waals surface area contributed by atoms with Crippen molar-refractivity contribution in [1.82, 2.24) is 4.31 Å². The number of methoxy groups -OCH3 is 1. The molecule has 0 bridgehead atoms. The molecule has 0 saturated heterocycles. The van der Waals surface area contributed by atoms with Crippen molar-refractivity contribution in [2.45, 2.75) is 31.1 Å². The fourth-order valence-electron chi connectivity index (χ4n) is 3.41. The third-order valence-electron chi connectivity index (χ3n) is 5.55. The first kappa shape index (κ1) is 26.9. The van der Waals surface area contributed by atoms with Gasteiger partial charge in [-0.15, -0.1) is 0 Å². The first-order chi connectivity index (χ1) is 16.9. The topological polar surface area (TPSA) is 105 Å². The Kier molecular flexibility index (Phi) is 8.17. The second kappa shape index (κ2) is 10.9. The number of nitrogens with one attached hydrogen (secondary N) is 2. The fourth-order valence-corrected chi connectivity index (χ4v) is 4.54. The molecule has 3 rings (SSSR count). The van der Waals surface area contributed by atoms with Crippen LogP contribution in [0.2, 0.25) is 0 Å². The Bertz CT molecular complexity index is 1330. The van der Waals surface area contributed by atoms with E-state index in [0.29, 0.717) is 22.7 Å². The monoisotopic (exact) mass is 509 g/mol. The summed E-state index contributed by atoms with van der Waals surface area (Å²) in [6, 6.07) is 20.0. The maximum atomic E-state index is 12.8. The molecule has 36 heavy (non-hydrogen) atoms. The number of nitrogens with zero attached hydrogens (tertiary/aromatic N) is 1. The van der Waals surface area contributed by atoms with Crippen LogP contribution in [0.25, 0.3) is 0 Å². The van der Waals surface area contributed by atoms with Gasteiger partial charge >= 0.3 is 0 Å². The van der Waals surface area contributed by atoms with E-state index in [1.54, 1.807) is 48.5 Å². The number of hydrogen-bond donors (Lipinski definition) is 2. The lowest BCUT2D eigenvalue weighted by Crippen LogP contribution is -2.34. The molecule has 0 saturated carbocycles. The van der Waals surface area contributed by atoms with E-state index in [2.05, 4.69) is 31.4 Å². The molecule has 0 spiro atoms. The van der Waals surface area contributed by atoms with Gasteiger partial charge in [0.2, 0.25) is 15.9 Å². The third kappa shape index (κ3) is 6.71. The van der Waals surface area contributed by atoms with Crippen molar-refractivity contribution in [3.05, 3.63) is 83.9 Å². The number of carbonyl (C=O) groups excluding carboxylic acids is 2. The highest BCUT2D eigenvalue weighted by molar-refractivity contribution is 7.89. The summed E-state index contributed by atoms with van der Waals surface area (Å²) in [7, 11) is -1.03. The van der Waals surface area contributed by atoms with Crippen molar-refractivity contribution in [2.24, 2.45) is 0 Å². The molecule has 2 N–H and O–H groups in total. The Morgan fingerprint density at radius 3 is 2.03 bits per heavy atom. The summed E-state index contributed by atoms with van der Waals surface area (Å²) in [6.07, 6.45) is 0. The largest absolute Gasteiger partial charge is 0.497 e. The molecule has 0 fully saturated rings. The summed E-state index contributed by atoms with van der Waals surface area (Å²) < 4.78 is 31.5. The maximum absolute atomic E-state index is 12.8. The normalized spacial score (nSPS) is 11.7. The van der Waals surface area contributed by atoms with E-state index in [1.807, 2.05) is 12.1 Å². The van der Waals surface area contributed by atoms with Crippen molar-refractivity contribution >= 4 is 33.2 Å². The van der Waals surface area contributed by atoms with Crippen molar-refractivity contribution in [1.29, 1.82) is 0 Å². The number of sulfonamides is 1. The van der Waals surface area contributed by atoms with Gasteiger partial charge in [-0.25, -0.2) is 8.42 Å². The summed E-state index contributed by atoms with van der Waals surface area (Å²) in [5, 5.41) is 5.49. The summed E-state index contributed by atoms with van der Waals surface area (Å²) >= 11 is 0. The van der Waals surface area contributed by atoms with E-state index >= 15 is 0 Å². The number of anilines is 2. The minimum absolute atomic E-state index is 0.0103. The lowest BCUT2D eigenvalue weighted by atomic mass is 9.87. The number of carbonyl (C=O) groups is 2. The van der Waals surface area contributed by atoms with Gasteiger partial charge in [0.25, 0.3) is 5.91 Å². The van der Waals surface area contributed by atoms with Crippen LogP contribution in [-0.2, 0) is 20.2 Å². The lowest BCUT2D eigenvalue weighted by molar-refractivity contribution is -0.116. The number of amides is 2.